The summed E-state index contributed by atoms with van der Waals surface area (Å²) in [5.74, 6) is 2.47. The Hall–Kier alpha value is -2.34. The number of esters is 1. The summed E-state index contributed by atoms with van der Waals surface area (Å²) < 4.78 is 47.6. The first-order valence-electron chi connectivity index (χ1n) is 11.4. The van der Waals surface area contributed by atoms with E-state index in [1.165, 1.54) is 12.1 Å². The highest BCUT2D eigenvalue weighted by atomic mass is 32.2. The third-order valence-corrected chi connectivity index (χ3v) is 7.13. The van der Waals surface area contributed by atoms with Crippen molar-refractivity contribution in [3.63, 3.8) is 0 Å². The maximum Gasteiger partial charge on any atom is 0.331 e. The topological polar surface area (TPSA) is 88.1 Å². The van der Waals surface area contributed by atoms with Crippen LogP contribution >= 0.6 is 0 Å². The van der Waals surface area contributed by atoms with Crippen LogP contribution in [0.2, 0.25) is 0 Å². The minimum Gasteiger partial charge on any atom is -0.467 e. The number of hydrogen-bond acceptors (Lipinski definition) is 7. The molecule has 1 aromatic rings. The van der Waals surface area contributed by atoms with Crippen LogP contribution in [0.4, 0.5) is 0 Å². The van der Waals surface area contributed by atoms with Crippen LogP contribution in [-0.4, -0.2) is 48.1 Å². The molecule has 0 aromatic heterocycles. The fourth-order valence-electron chi connectivity index (χ4n) is 3.89. The Balaban J connectivity index is 2.52. The van der Waals surface area contributed by atoms with Crippen molar-refractivity contribution < 1.29 is 32.2 Å². The van der Waals surface area contributed by atoms with Crippen LogP contribution in [0.1, 0.15) is 65.5 Å². The molecule has 0 unspecified atom stereocenters. The second-order valence-corrected chi connectivity index (χ2v) is 11.3. The molecule has 0 bridgehead atoms. The van der Waals surface area contributed by atoms with Gasteiger partial charge in [0.1, 0.15) is 5.75 Å². The average Bonchev–Trinajstić information content (AvgIpc) is 2.75. The normalized spacial score (nSPS) is 16.7. The Morgan fingerprint density at radius 1 is 1.12 bits per heavy atom. The van der Waals surface area contributed by atoms with Crippen LogP contribution in [0.15, 0.2) is 28.7 Å². The van der Waals surface area contributed by atoms with Gasteiger partial charge in [-0.2, -0.15) is 0 Å². The second-order valence-electron chi connectivity index (χ2n) is 9.58. The Bertz CT molecular complexity index is 1090. The van der Waals surface area contributed by atoms with Gasteiger partial charge in [-0.3, -0.25) is 0 Å². The van der Waals surface area contributed by atoms with Crippen molar-refractivity contribution in [2.24, 2.45) is 0 Å². The quantitative estimate of drug-likeness (QED) is 0.127. The van der Waals surface area contributed by atoms with Gasteiger partial charge in [-0.15, -0.1) is 0 Å². The highest BCUT2D eigenvalue weighted by Crippen LogP contribution is 2.50. The van der Waals surface area contributed by atoms with Gasteiger partial charge in [0.25, 0.3) is 0 Å². The van der Waals surface area contributed by atoms with Crippen molar-refractivity contribution in [3.8, 4) is 16.9 Å². The molecular weight excluding hydrogens is 456 g/mol. The highest BCUT2D eigenvalue weighted by molar-refractivity contribution is 7.96. The predicted molar refractivity (Wildman–Crippen MR) is 130 cm³/mol. The lowest BCUT2D eigenvalue weighted by atomic mass is 9.63. The molecule has 0 amide bonds. The summed E-state index contributed by atoms with van der Waals surface area (Å²) in [4.78, 5) is 11.7. The van der Waals surface area contributed by atoms with Crippen LogP contribution < -0.4 is 4.74 Å². The summed E-state index contributed by atoms with van der Waals surface area (Å²) in [6, 6.07) is 3.24. The molecule has 0 atom stereocenters. The van der Waals surface area contributed by atoms with Crippen molar-refractivity contribution in [1.29, 1.82) is 0 Å². The molecule has 0 N–H and O–H groups in total. The average molecular weight is 493 g/mol. The van der Waals surface area contributed by atoms with E-state index in [4.69, 9.17) is 18.9 Å². The van der Waals surface area contributed by atoms with Crippen LogP contribution in [-0.2, 0) is 39.7 Å². The molecule has 1 aromatic carbocycles. The van der Waals surface area contributed by atoms with Crippen LogP contribution in [0.3, 0.4) is 0 Å². The van der Waals surface area contributed by atoms with E-state index in [9.17, 15) is 13.2 Å². The molecule has 34 heavy (non-hydrogen) atoms. The van der Waals surface area contributed by atoms with Gasteiger partial charge in [0.05, 0.1) is 24.7 Å². The largest absolute Gasteiger partial charge is 0.467 e. The Labute approximate surface area is 203 Å². The summed E-state index contributed by atoms with van der Waals surface area (Å²) in [5, 5.41) is 2.33. The predicted octanol–water partition coefficient (Wildman–Crippen LogP) is 4.28. The molecule has 0 aliphatic heterocycles. The number of carbonyl (C=O) groups excluding carboxylic acids is 1. The number of sulfone groups is 1. The van der Waals surface area contributed by atoms with Gasteiger partial charge < -0.3 is 18.9 Å². The van der Waals surface area contributed by atoms with Gasteiger partial charge in [0.2, 0.25) is 9.84 Å². The maximum atomic E-state index is 13.2. The number of benzene rings is 1. The van der Waals surface area contributed by atoms with E-state index >= 15 is 0 Å². The smallest absolute Gasteiger partial charge is 0.331 e. The van der Waals surface area contributed by atoms with Gasteiger partial charge >= 0.3 is 5.97 Å². The van der Waals surface area contributed by atoms with E-state index in [0.29, 0.717) is 24.5 Å². The Kier molecular flexibility index (Phi) is 9.35. The molecule has 0 radical (unpaired) electrons. The van der Waals surface area contributed by atoms with E-state index < -0.39 is 15.8 Å². The van der Waals surface area contributed by atoms with E-state index in [2.05, 4.69) is 38.9 Å². The minimum atomic E-state index is -3.98. The minimum absolute atomic E-state index is 0.0249. The lowest BCUT2D eigenvalue weighted by molar-refractivity contribution is -0.137. The molecule has 2 rings (SSSR count). The van der Waals surface area contributed by atoms with Gasteiger partial charge in [0.15, 0.2) is 6.79 Å². The zero-order valence-electron chi connectivity index (χ0n) is 21.2. The monoisotopic (exact) mass is 492 g/mol. The first kappa shape index (κ1) is 27.9. The summed E-state index contributed by atoms with van der Waals surface area (Å²) in [5.41, 5.74) is 1.78. The number of rotatable bonds is 9. The zero-order chi connectivity index (χ0) is 25.6. The molecule has 1 aliphatic rings. The summed E-state index contributed by atoms with van der Waals surface area (Å²) >= 11 is 0. The lowest BCUT2D eigenvalue weighted by Crippen LogP contribution is -2.34. The molecule has 0 saturated heterocycles. The Morgan fingerprint density at radius 3 is 2.44 bits per heavy atom. The third-order valence-electron chi connectivity index (χ3n) is 5.90. The molecule has 0 heterocycles. The molecule has 1 aliphatic carbocycles. The van der Waals surface area contributed by atoms with Gasteiger partial charge in [-0.05, 0) is 49.1 Å². The molecule has 8 heteroatoms. The number of ether oxygens (including phenoxy) is 4. The Morgan fingerprint density at radius 2 is 1.79 bits per heavy atom. The van der Waals surface area contributed by atoms with E-state index in [1.807, 2.05) is 0 Å². The highest BCUT2D eigenvalue weighted by Gasteiger charge is 2.40. The number of methoxy groups -OCH3 is 1. The van der Waals surface area contributed by atoms with Gasteiger partial charge in [-0.25, -0.2) is 13.2 Å². The molecule has 188 valence electrons. The number of fused-ring (bicyclic) bond motifs is 1. The fraction of sp³-hybridized carbons (Fsp3) is 0.577. The molecule has 0 spiro atoms. The molecule has 7 nitrogen and oxygen atoms in total. The van der Waals surface area contributed by atoms with E-state index in [-0.39, 0.29) is 29.1 Å². The van der Waals surface area contributed by atoms with E-state index in [1.54, 1.807) is 27.0 Å². The summed E-state index contributed by atoms with van der Waals surface area (Å²) in [7, 11) is -2.39. The second kappa shape index (κ2) is 11.4. The first-order valence-corrected chi connectivity index (χ1v) is 12.8. The van der Waals surface area contributed by atoms with Crippen LogP contribution in [0, 0.1) is 11.2 Å². The summed E-state index contributed by atoms with van der Waals surface area (Å²) in [6.45, 7) is 12.7. The van der Waals surface area contributed by atoms with E-state index in [0.717, 1.165) is 24.0 Å². The third kappa shape index (κ3) is 7.08. The summed E-state index contributed by atoms with van der Waals surface area (Å²) in [6.07, 6.45) is 3.03. The number of hydrogen-bond donors (Lipinski definition) is 0. The fourth-order valence-corrected chi connectivity index (χ4v) is 4.83. The first-order chi connectivity index (χ1) is 15.8. The molecule has 0 saturated carbocycles. The standard InChI is InChI=1S/C26H36O7S/c1-8-32-23(27)15-19(2)9-14-34(28,29)20-16-21-24(26(5,6)11-10-25(21,3)4)22(17-20)33-18-31-13-12-30-7/h15-17H,8,10-13,18H2,1-7H3. The lowest BCUT2D eigenvalue weighted by Gasteiger charge is -2.42. The van der Waals surface area contributed by atoms with Gasteiger partial charge in [-0.1, -0.05) is 33.6 Å². The van der Waals surface area contributed by atoms with Crippen LogP contribution in [0.25, 0.3) is 0 Å². The van der Waals surface area contributed by atoms with Crippen molar-refractivity contribution >= 4 is 15.8 Å². The van der Waals surface area contributed by atoms with Crippen molar-refractivity contribution in [3.05, 3.63) is 34.9 Å². The van der Waals surface area contributed by atoms with Crippen LogP contribution in [0.5, 0.6) is 5.75 Å². The SMILES string of the molecule is CCOC(=O)C=C(C)C#CS(=O)(=O)c1cc(OCOCCOC)c2c(c1)C(C)(C)CCC2(C)C. The maximum absolute atomic E-state index is 13.2. The van der Waals surface area contributed by atoms with Crippen molar-refractivity contribution in [2.75, 3.05) is 33.7 Å². The van der Waals surface area contributed by atoms with Crippen molar-refractivity contribution in [2.45, 2.75) is 70.1 Å². The molecule has 0 fully saturated rings. The van der Waals surface area contributed by atoms with Gasteiger partial charge in [0, 0.05) is 35.6 Å². The number of carbonyl (C=O) groups is 1. The zero-order valence-corrected chi connectivity index (χ0v) is 22.1. The van der Waals surface area contributed by atoms with Crippen molar-refractivity contribution in [1.82, 2.24) is 0 Å². The number of allylic oxidation sites excluding steroid dienone is 1. The molecular formula is C26H36O7S.